The zero-order valence-corrected chi connectivity index (χ0v) is 14.5. The summed E-state index contributed by atoms with van der Waals surface area (Å²) in [5.74, 6) is 0.800. The molecule has 1 atom stereocenters. The third kappa shape index (κ3) is 5.32. The van der Waals surface area contributed by atoms with Gasteiger partial charge >= 0.3 is 0 Å². The lowest BCUT2D eigenvalue weighted by Gasteiger charge is -2.33. The summed E-state index contributed by atoms with van der Waals surface area (Å²) in [4.78, 5) is 2.52. The standard InChI is InChI=1S/C21H25N3O/c22-12-14-25-21-11-5-4-9-19(21)15-23-20-10-6-13-24(17-20)16-18-7-2-1-3-8-18/h1-5,7-9,11,20,23H,6,10,13-17H2. The van der Waals surface area contributed by atoms with Crippen molar-refractivity contribution in [1.29, 1.82) is 5.26 Å². The molecule has 1 saturated heterocycles. The molecule has 0 bridgehead atoms. The third-order valence-corrected chi connectivity index (χ3v) is 4.60. The van der Waals surface area contributed by atoms with Crippen LogP contribution in [0, 0.1) is 11.3 Å². The first-order valence-corrected chi connectivity index (χ1v) is 8.92. The first-order chi connectivity index (χ1) is 12.3. The summed E-state index contributed by atoms with van der Waals surface area (Å²) in [5, 5.41) is 12.4. The summed E-state index contributed by atoms with van der Waals surface area (Å²) in [6, 6.07) is 21.1. The maximum absolute atomic E-state index is 8.71. The summed E-state index contributed by atoms with van der Waals surface area (Å²) >= 11 is 0. The number of hydrogen-bond acceptors (Lipinski definition) is 4. The van der Waals surface area contributed by atoms with Gasteiger partial charge in [0.15, 0.2) is 6.61 Å². The van der Waals surface area contributed by atoms with Gasteiger partial charge in [0, 0.05) is 31.2 Å². The predicted octanol–water partition coefficient (Wildman–Crippen LogP) is 3.34. The van der Waals surface area contributed by atoms with Gasteiger partial charge in [-0.2, -0.15) is 5.26 Å². The summed E-state index contributed by atoms with van der Waals surface area (Å²) in [6.07, 6.45) is 2.42. The topological polar surface area (TPSA) is 48.3 Å². The minimum absolute atomic E-state index is 0.0886. The Morgan fingerprint density at radius 1 is 1.12 bits per heavy atom. The quantitative estimate of drug-likeness (QED) is 0.843. The normalized spacial score (nSPS) is 17.8. The van der Waals surface area contributed by atoms with Crippen molar-refractivity contribution in [3.05, 3.63) is 65.7 Å². The van der Waals surface area contributed by atoms with E-state index in [4.69, 9.17) is 10.00 Å². The number of nitriles is 1. The van der Waals surface area contributed by atoms with E-state index in [9.17, 15) is 0 Å². The van der Waals surface area contributed by atoms with Crippen molar-refractivity contribution >= 4 is 0 Å². The maximum atomic E-state index is 8.71. The molecule has 1 heterocycles. The van der Waals surface area contributed by atoms with Gasteiger partial charge in [-0.05, 0) is 31.0 Å². The molecule has 2 aromatic rings. The number of ether oxygens (including phenoxy) is 1. The molecule has 1 unspecified atom stereocenters. The monoisotopic (exact) mass is 335 g/mol. The van der Waals surface area contributed by atoms with Crippen LogP contribution in [0.4, 0.5) is 0 Å². The number of nitrogens with zero attached hydrogens (tertiary/aromatic N) is 2. The molecule has 1 aliphatic heterocycles. The maximum Gasteiger partial charge on any atom is 0.174 e. The molecule has 1 fully saturated rings. The first kappa shape index (κ1) is 17.5. The second-order valence-electron chi connectivity index (χ2n) is 6.50. The van der Waals surface area contributed by atoms with Gasteiger partial charge in [-0.25, -0.2) is 0 Å². The second kappa shape index (κ2) is 9.22. The van der Waals surface area contributed by atoms with E-state index in [0.29, 0.717) is 6.04 Å². The van der Waals surface area contributed by atoms with E-state index in [1.165, 1.54) is 18.4 Å². The number of para-hydroxylation sites is 1. The molecule has 1 aliphatic rings. The molecule has 25 heavy (non-hydrogen) atoms. The summed E-state index contributed by atoms with van der Waals surface area (Å²) in [7, 11) is 0. The van der Waals surface area contributed by atoms with Crippen molar-refractivity contribution in [1.82, 2.24) is 10.2 Å². The summed E-state index contributed by atoms with van der Waals surface area (Å²) in [6.45, 7) is 4.10. The molecule has 0 aromatic heterocycles. The van der Waals surface area contributed by atoms with Gasteiger partial charge in [0.25, 0.3) is 0 Å². The number of benzene rings is 2. The van der Waals surface area contributed by atoms with Crippen molar-refractivity contribution < 1.29 is 4.74 Å². The van der Waals surface area contributed by atoms with Gasteiger partial charge in [0.1, 0.15) is 11.8 Å². The van der Waals surface area contributed by atoms with Crippen LogP contribution in [0.3, 0.4) is 0 Å². The van der Waals surface area contributed by atoms with Crippen molar-refractivity contribution in [3.63, 3.8) is 0 Å². The second-order valence-corrected chi connectivity index (χ2v) is 6.50. The average Bonchev–Trinajstić information content (AvgIpc) is 2.66. The molecule has 0 spiro atoms. The number of rotatable bonds is 7. The van der Waals surface area contributed by atoms with Crippen LogP contribution in [0.1, 0.15) is 24.0 Å². The largest absolute Gasteiger partial charge is 0.478 e. The minimum atomic E-state index is 0.0886. The van der Waals surface area contributed by atoms with Crippen molar-refractivity contribution in [3.8, 4) is 11.8 Å². The van der Waals surface area contributed by atoms with E-state index in [2.05, 4.69) is 46.6 Å². The van der Waals surface area contributed by atoms with Crippen LogP contribution in [-0.4, -0.2) is 30.6 Å². The van der Waals surface area contributed by atoms with Gasteiger partial charge in [-0.1, -0.05) is 48.5 Å². The molecule has 4 nitrogen and oxygen atoms in total. The highest BCUT2D eigenvalue weighted by atomic mass is 16.5. The minimum Gasteiger partial charge on any atom is -0.478 e. The molecule has 0 amide bonds. The number of likely N-dealkylation sites (tertiary alicyclic amines) is 1. The van der Waals surface area contributed by atoms with Gasteiger partial charge in [-0.3, -0.25) is 4.90 Å². The lowest BCUT2D eigenvalue weighted by Crippen LogP contribution is -2.45. The molecule has 0 saturated carbocycles. The number of hydrogen-bond donors (Lipinski definition) is 1. The molecule has 0 aliphatic carbocycles. The van der Waals surface area contributed by atoms with E-state index in [1.54, 1.807) is 0 Å². The highest BCUT2D eigenvalue weighted by Crippen LogP contribution is 2.19. The Bertz CT molecular complexity index is 696. The highest BCUT2D eigenvalue weighted by molar-refractivity contribution is 5.33. The Balaban J connectivity index is 1.52. The number of piperidine rings is 1. The van der Waals surface area contributed by atoms with E-state index >= 15 is 0 Å². The summed E-state index contributed by atoms with van der Waals surface area (Å²) < 4.78 is 5.51. The van der Waals surface area contributed by atoms with Crippen LogP contribution in [-0.2, 0) is 13.1 Å². The van der Waals surface area contributed by atoms with Gasteiger partial charge in [0.2, 0.25) is 0 Å². The van der Waals surface area contributed by atoms with Crippen molar-refractivity contribution in [2.75, 3.05) is 19.7 Å². The van der Waals surface area contributed by atoms with E-state index < -0.39 is 0 Å². The van der Waals surface area contributed by atoms with Gasteiger partial charge < -0.3 is 10.1 Å². The molecule has 1 N–H and O–H groups in total. The van der Waals surface area contributed by atoms with Crippen LogP contribution in [0.2, 0.25) is 0 Å². The van der Waals surface area contributed by atoms with Crippen LogP contribution < -0.4 is 10.1 Å². The average molecular weight is 335 g/mol. The third-order valence-electron chi connectivity index (χ3n) is 4.60. The van der Waals surface area contributed by atoms with Crippen LogP contribution in [0.5, 0.6) is 5.75 Å². The Labute approximate surface area is 150 Å². The fourth-order valence-electron chi connectivity index (χ4n) is 3.36. The Morgan fingerprint density at radius 2 is 1.92 bits per heavy atom. The fraction of sp³-hybridized carbons (Fsp3) is 0.381. The Hall–Kier alpha value is -2.35. The Kier molecular flexibility index (Phi) is 6.44. The lowest BCUT2D eigenvalue weighted by atomic mass is 10.0. The van der Waals surface area contributed by atoms with Crippen LogP contribution in [0.15, 0.2) is 54.6 Å². The van der Waals surface area contributed by atoms with Gasteiger partial charge in [-0.15, -0.1) is 0 Å². The lowest BCUT2D eigenvalue weighted by molar-refractivity contribution is 0.182. The van der Waals surface area contributed by atoms with Crippen molar-refractivity contribution in [2.45, 2.75) is 32.0 Å². The fourth-order valence-corrected chi connectivity index (χ4v) is 3.36. The zero-order chi connectivity index (χ0) is 17.3. The van der Waals surface area contributed by atoms with E-state index in [1.807, 2.05) is 24.3 Å². The molecular formula is C21H25N3O. The highest BCUT2D eigenvalue weighted by Gasteiger charge is 2.19. The first-order valence-electron chi connectivity index (χ1n) is 8.92. The zero-order valence-electron chi connectivity index (χ0n) is 14.5. The smallest absolute Gasteiger partial charge is 0.174 e. The molecule has 4 heteroatoms. The van der Waals surface area contributed by atoms with E-state index in [0.717, 1.165) is 37.5 Å². The van der Waals surface area contributed by atoms with Crippen LogP contribution >= 0.6 is 0 Å². The van der Waals surface area contributed by atoms with Crippen LogP contribution in [0.25, 0.3) is 0 Å². The van der Waals surface area contributed by atoms with E-state index in [-0.39, 0.29) is 6.61 Å². The SMILES string of the molecule is N#CCOc1ccccc1CNC1CCCN(Cc2ccccc2)C1. The predicted molar refractivity (Wildman–Crippen MR) is 99.1 cm³/mol. The molecule has 2 aromatic carbocycles. The number of nitrogens with one attached hydrogen (secondary N) is 1. The molecule has 0 radical (unpaired) electrons. The van der Waals surface area contributed by atoms with Gasteiger partial charge in [0.05, 0.1) is 0 Å². The molecular weight excluding hydrogens is 310 g/mol. The molecule has 3 rings (SSSR count). The molecule has 130 valence electrons. The Morgan fingerprint density at radius 3 is 2.76 bits per heavy atom. The summed E-state index contributed by atoms with van der Waals surface area (Å²) in [5.41, 5.74) is 2.48. The van der Waals surface area contributed by atoms with Crippen molar-refractivity contribution in [2.24, 2.45) is 0 Å².